The second kappa shape index (κ2) is 7.74. The molecule has 0 radical (unpaired) electrons. The van der Waals surface area contributed by atoms with Crippen molar-refractivity contribution < 1.29 is 9.59 Å². The molecule has 1 amide bonds. The van der Waals surface area contributed by atoms with Crippen molar-refractivity contribution >= 4 is 12.2 Å². The first-order valence-electron chi connectivity index (χ1n) is 8.36. The Kier molecular flexibility index (Phi) is 5.22. The van der Waals surface area contributed by atoms with E-state index in [-0.39, 0.29) is 5.91 Å². The highest BCUT2D eigenvalue weighted by Gasteiger charge is 2.19. The van der Waals surface area contributed by atoms with E-state index in [2.05, 4.69) is 15.4 Å². The maximum atomic E-state index is 12.7. The van der Waals surface area contributed by atoms with Gasteiger partial charge < -0.3 is 10.1 Å². The Labute approximate surface area is 151 Å². The molecule has 1 aromatic carbocycles. The van der Waals surface area contributed by atoms with Gasteiger partial charge in [0.1, 0.15) is 12.0 Å². The van der Waals surface area contributed by atoms with Crippen LogP contribution in [-0.4, -0.2) is 33.0 Å². The number of aldehydes is 1. The highest BCUT2D eigenvalue weighted by Crippen LogP contribution is 2.12. The Hall–Kier alpha value is -3.28. The average Bonchev–Trinajstić information content (AvgIpc) is 3.04. The van der Waals surface area contributed by atoms with E-state index in [4.69, 9.17) is 0 Å². The standard InChI is InChI=1S/C20H20N4O2/c1-14-8-9-19(21-12-14)24-18(10-15(2)23-24)20(26)22-17(13-25)11-16-6-4-3-5-7-16/h3-10,12-13,17H,11H2,1-2H3,(H,22,26). The zero-order valence-corrected chi connectivity index (χ0v) is 14.7. The zero-order chi connectivity index (χ0) is 18.5. The molecule has 0 aliphatic rings. The molecule has 0 fully saturated rings. The van der Waals surface area contributed by atoms with Crippen molar-refractivity contribution in [1.29, 1.82) is 0 Å². The van der Waals surface area contributed by atoms with E-state index in [1.54, 1.807) is 18.3 Å². The Morgan fingerprint density at radius 2 is 1.96 bits per heavy atom. The molecular weight excluding hydrogens is 328 g/mol. The molecule has 1 atom stereocenters. The summed E-state index contributed by atoms with van der Waals surface area (Å²) in [7, 11) is 0. The van der Waals surface area contributed by atoms with Gasteiger partial charge in [-0.3, -0.25) is 4.79 Å². The SMILES string of the molecule is Cc1ccc(-n2nc(C)cc2C(=O)NC(C=O)Cc2ccccc2)nc1. The van der Waals surface area contributed by atoms with Gasteiger partial charge in [0.2, 0.25) is 0 Å². The number of nitrogens with zero attached hydrogens (tertiary/aromatic N) is 3. The summed E-state index contributed by atoms with van der Waals surface area (Å²) in [4.78, 5) is 28.5. The molecule has 0 saturated heterocycles. The number of nitrogens with one attached hydrogen (secondary N) is 1. The van der Waals surface area contributed by atoms with Crippen LogP contribution >= 0.6 is 0 Å². The fraction of sp³-hybridized carbons (Fsp3) is 0.200. The van der Waals surface area contributed by atoms with Gasteiger partial charge in [-0.05, 0) is 43.5 Å². The zero-order valence-electron chi connectivity index (χ0n) is 14.7. The fourth-order valence-electron chi connectivity index (χ4n) is 2.66. The van der Waals surface area contributed by atoms with Crippen LogP contribution in [0.3, 0.4) is 0 Å². The van der Waals surface area contributed by atoms with Crippen LogP contribution in [0.15, 0.2) is 54.7 Å². The van der Waals surface area contributed by atoms with Gasteiger partial charge in [0, 0.05) is 6.20 Å². The third-order valence-corrected chi connectivity index (χ3v) is 3.96. The molecule has 6 nitrogen and oxygen atoms in total. The first kappa shape index (κ1) is 17.5. The van der Waals surface area contributed by atoms with E-state index < -0.39 is 6.04 Å². The second-order valence-electron chi connectivity index (χ2n) is 6.18. The maximum Gasteiger partial charge on any atom is 0.270 e. The van der Waals surface area contributed by atoms with Crippen molar-refractivity contribution in [3.8, 4) is 5.82 Å². The summed E-state index contributed by atoms with van der Waals surface area (Å²) < 4.78 is 1.49. The van der Waals surface area contributed by atoms with Crippen LogP contribution in [0.4, 0.5) is 0 Å². The van der Waals surface area contributed by atoms with Gasteiger partial charge in [-0.25, -0.2) is 9.67 Å². The van der Waals surface area contributed by atoms with Crippen molar-refractivity contribution in [3.05, 3.63) is 77.2 Å². The van der Waals surface area contributed by atoms with Gasteiger partial charge in [0.05, 0.1) is 11.7 Å². The molecule has 2 aromatic heterocycles. The molecule has 0 spiro atoms. The molecule has 0 saturated carbocycles. The summed E-state index contributed by atoms with van der Waals surface area (Å²) in [6.07, 6.45) is 2.91. The summed E-state index contributed by atoms with van der Waals surface area (Å²) in [5.41, 5.74) is 3.05. The molecule has 132 valence electrons. The third-order valence-electron chi connectivity index (χ3n) is 3.96. The van der Waals surface area contributed by atoms with Crippen LogP contribution in [0.2, 0.25) is 0 Å². The number of amides is 1. The maximum absolute atomic E-state index is 12.7. The lowest BCUT2D eigenvalue weighted by Crippen LogP contribution is -2.38. The van der Waals surface area contributed by atoms with E-state index >= 15 is 0 Å². The van der Waals surface area contributed by atoms with E-state index in [1.165, 1.54) is 4.68 Å². The third kappa shape index (κ3) is 4.03. The molecule has 0 aliphatic heterocycles. The Balaban J connectivity index is 1.81. The number of hydrogen-bond donors (Lipinski definition) is 1. The van der Waals surface area contributed by atoms with Crippen LogP contribution in [0.1, 0.15) is 27.3 Å². The van der Waals surface area contributed by atoms with Gasteiger partial charge in [0.15, 0.2) is 5.82 Å². The quantitative estimate of drug-likeness (QED) is 0.694. The minimum absolute atomic E-state index is 0.346. The van der Waals surface area contributed by atoms with Crippen molar-refractivity contribution in [2.24, 2.45) is 0 Å². The first-order valence-corrected chi connectivity index (χ1v) is 8.36. The number of hydrogen-bond acceptors (Lipinski definition) is 4. The fourth-order valence-corrected chi connectivity index (χ4v) is 2.66. The summed E-state index contributed by atoms with van der Waals surface area (Å²) in [5, 5.41) is 7.12. The summed E-state index contributed by atoms with van der Waals surface area (Å²) >= 11 is 0. The highest BCUT2D eigenvalue weighted by molar-refractivity contribution is 5.94. The first-order chi connectivity index (χ1) is 12.6. The van der Waals surface area contributed by atoms with Crippen LogP contribution in [0.5, 0.6) is 0 Å². The van der Waals surface area contributed by atoms with Crippen molar-refractivity contribution in [2.75, 3.05) is 0 Å². The van der Waals surface area contributed by atoms with E-state index in [1.807, 2.05) is 50.2 Å². The predicted molar refractivity (Wildman–Crippen MR) is 98.3 cm³/mol. The molecule has 26 heavy (non-hydrogen) atoms. The molecule has 3 aromatic rings. The monoisotopic (exact) mass is 348 g/mol. The van der Waals surface area contributed by atoms with Crippen LogP contribution in [-0.2, 0) is 11.2 Å². The van der Waals surface area contributed by atoms with Crippen molar-refractivity contribution in [1.82, 2.24) is 20.1 Å². The van der Waals surface area contributed by atoms with E-state index in [9.17, 15) is 9.59 Å². The summed E-state index contributed by atoms with van der Waals surface area (Å²) in [6.45, 7) is 3.75. The summed E-state index contributed by atoms with van der Waals surface area (Å²) in [5.74, 6) is 0.195. The van der Waals surface area contributed by atoms with Gasteiger partial charge in [0.25, 0.3) is 5.91 Å². The minimum atomic E-state index is -0.612. The lowest BCUT2D eigenvalue weighted by atomic mass is 10.1. The number of aryl methyl sites for hydroxylation is 2. The molecule has 2 heterocycles. The normalized spacial score (nSPS) is 11.8. The van der Waals surface area contributed by atoms with Crippen molar-refractivity contribution in [2.45, 2.75) is 26.3 Å². The molecule has 0 bridgehead atoms. The van der Waals surface area contributed by atoms with Crippen LogP contribution < -0.4 is 5.32 Å². The molecule has 6 heteroatoms. The van der Waals surface area contributed by atoms with Gasteiger partial charge in [-0.1, -0.05) is 36.4 Å². The number of benzene rings is 1. The minimum Gasteiger partial charge on any atom is -0.341 e. The van der Waals surface area contributed by atoms with Crippen molar-refractivity contribution in [3.63, 3.8) is 0 Å². The lowest BCUT2D eigenvalue weighted by molar-refractivity contribution is -0.109. The number of carbonyl (C=O) groups excluding carboxylic acids is 2. The number of carbonyl (C=O) groups is 2. The largest absolute Gasteiger partial charge is 0.341 e. The van der Waals surface area contributed by atoms with Gasteiger partial charge >= 0.3 is 0 Å². The topological polar surface area (TPSA) is 76.9 Å². The average molecular weight is 348 g/mol. The van der Waals surface area contributed by atoms with Gasteiger partial charge in [-0.15, -0.1) is 0 Å². The second-order valence-corrected chi connectivity index (χ2v) is 6.18. The smallest absolute Gasteiger partial charge is 0.270 e. The van der Waals surface area contributed by atoms with E-state index in [0.29, 0.717) is 23.6 Å². The lowest BCUT2D eigenvalue weighted by Gasteiger charge is -2.13. The molecule has 1 unspecified atom stereocenters. The molecular formula is C20H20N4O2. The van der Waals surface area contributed by atoms with Crippen LogP contribution in [0, 0.1) is 13.8 Å². The van der Waals surface area contributed by atoms with E-state index in [0.717, 1.165) is 17.4 Å². The predicted octanol–water partition coefficient (Wildman–Crippen LogP) is 2.42. The molecule has 0 aliphatic carbocycles. The Morgan fingerprint density at radius 1 is 1.19 bits per heavy atom. The number of rotatable bonds is 6. The summed E-state index contributed by atoms with van der Waals surface area (Å²) in [6, 6.07) is 14.3. The molecule has 1 N–H and O–H groups in total. The number of aromatic nitrogens is 3. The highest BCUT2D eigenvalue weighted by atomic mass is 16.2. The van der Waals surface area contributed by atoms with Crippen LogP contribution in [0.25, 0.3) is 5.82 Å². The number of pyridine rings is 1. The Bertz CT molecular complexity index is 901. The Morgan fingerprint density at radius 3 is 2.62 bits per heavy atom. The molecule has 3 rings (SSSR count). The van der Waals surface area contributed by atoms with Gasteiger partial charge in [-0.2, -0.15) is 5.10 Å².